The number of rotatable bonds is 5. The molecule has 0 fully saturated rings. The maximum Gasteiger partial charge on any atom is 0.228 e. The molecule has 0 aliphatic carbocycles. The van der Waals surface area contributed by atoms with E-state index in [1.165, 1.54) is 0 Å². The first kappa shape index (κ1) is 12.5. The molecule has 0 saturated carbocycles. The van der Waals surface area contributed by atoms with Crippen molar-refractivity contribution in [1.29, 1.82) is 0 Å². The van der Waals surface area contributed by atoms with Crippen LogP contribution in [0.1, 0.15) is 30.2 Å². The van der Waals surface area contributed by atoms with Gasteiger partial charge in [0.2, 0.25) is 5.89 Å². The van der Waals surface area contributed by atoms with Crippen molar-refractivity contribution >= 4 is 5.82 Å². The molecule has 0 unspecified atom stereocenters. The number of nitrogens with zero attached hydrogens (tertiary/aromatic N) is 4. The molecule has 0 bridgehead atoms. The van der Waals surface area contributed by atoms with E-state index in [2.05, 4.69) is 32.3 Å². The minimum atomic E-state index is 0.640. The summed E-state index contributed by atoms with van der Waals surface area (Å²) in [5.74, 6) is 2.93. The molecule has 0 aliphatic heterocycles. The number of hydrogen-bond donors (Lipinski definition) is 1. The Balaban J connectivity index is 1.91. The van der Waals surface area contributed by atoms with Crippen molar-refractivity contribution in [3.8, 4) is 0 Å². The van der Waals surface area contributed by atoms with Gasteiger partial charge in [-0.15, -0.1) is 0 Å². The molecular formula is C12H17N5O. The van der Waals surface area contributed by atoms with E-state index in [0.717, 1.165) is 23.8 Å². The van der Waals surface area contributed by atoms with Gasteiger partial charge in [0.15, 0.2) is 5.82 Å². The zero-order chi connectivity index (χ0) is 13.0. The van der Waals surface area contributed by atoms with Crippen molar-refractivity contribution in [3.05, 3.63) is 29.3 Å². The van der Waals surface area contributed by atoms with Gasteiger partial charge in [-0.1, -0.05) is 12.1 Å². The fraction of sp³-hybridized carbons (Fsp3) is 0.500. The van der Waals surface area contributed by atoms with Crippen LogP contribution in [0.25, 0.3) is 0 Å². The highest BCUT2D eigenvalue weighted by atomic mass is 16.5. The standard InChI is InChI=1S/C12H17N5O/c1-4-10-7-11(15-8(2)14-10)13-6-5-12-16-9(3)17-18-12/h7H,4-6H2,1-3H3,(H,13,14,15). The van der Waals surface area contributed by atoms with Gasteiger partial charge in [0, 0.05) is 24.7 Å². The van der Waals surface area contributed by atoms with Gasteiger partial charge in [0.1, 0.15) is 11.6 Å². The molecule has 6 nitrogen and oxygen atoms in total. The van der Waals surface area contributed by atoms with Gasteiger partial charge in [-0.05, 0) is 20.3 Å². The third-order valence-corrected chi connectivity index (χ3v) is 2.47. The molecule has 0 aromatic carbocycles. The number of anilines is 1. The fourth-order valence-corrected chi connectivity index (χ4v) is 1.64. The lowest BCUT2D eigenvalue weighted by Gasteiger charge is -2.06. The maximum atomic E-state index is 5.04. The predicted octanol–water partition coefficient (Wildman–Crippen LogP) is 1.69. The Morgan fingerprint density at radius 2 is 2.00 bits per heavy atom. The summed E-state index contributed by atoms with van der Waals surface area (Å²) in [6, 6.07) is 1.96. The number of aryl methyl sites for hydroxylation is 3. The molecule has 0 radical (unpaired) electrons. The minimum absolute atomic E-state index is 0.640. The van der Waals surface area contributed by atoms with Gasteiger partial charge in [-0.2, -0.15) is 4.98 Å². The lowest BCUT2D eigenvalue weighted by Crippen LogP contribution is -2.08. The molecule has 0 amide bonds. The molecule has 6 heteroatoms. The summed E-state index contributed by atoms with van der Waals surface area (Å²) in [5.41, 5.74) is 1.04. The average molecular weight is 247 g/mol. The van der Waals surface area contributed by atoms with Crippen molar-refractivity contribution < 1.29 is 4.52 Å². The second kappa shape index (κ2) is 5.57. The molecule has 0 saturated heterocycles. The first-order valence-corrected chi connectivity index (χ1v) is 6.05. The zero-order valence-electron chi connectivity index (χ0n) is 10.9. The third kappa shape index (κ3) is 3.26. The smallest absolute Gasteiger partial charge is 0.228 e. The Morgan fingerprint density at radius 3 is 2.67 bits per heavy atom. The lowest BCUT2D eigenvalue weighted by atomic mass is 10.3. The van der Waals surface area contributed by atoms with Crippen molar-refractivity contribution in [2.24, 2.45) is 0 Å². The first-order chi connectivity index (χ1) is 8.67. The molecule has 2 rings (SSSR count). The van der Waals surface area contributed by atoms with Crippen molar-refractivity contribution in [2.45, 2.75) is 33.6 Å². The highest BCUT2D eigenvalue weighted by molar-refractivity contribution is 5.36. The predicted molar refractivity (Wildman–Crippen MR) is 67.4 cm³/mol. The van der Waals surface area contributed by atoms with Crippen LogP contribution in [0.3, 0.4) is 0 Å². The molecular weight excluding hydrogens is 230 g/mol. The largest absolute Gasteiger partial charge is 0.369 e. The second-order valence-corrected chi connectivity index (χ2v) is 4.06. The average Bonchev–Trinajstić information content (AvgIpc) is 2.74. The van der Waals surface area contributed by atoms with E-state index >= 15 is 0 Å². The summed E-state index contributed by atoms with van der Waals surface area (Å²) in [5, 5.41) is 6.98. The molecule has 0 spiro atoms. The number of hydrogen-bond acceptors (Lipinski definition) is 6. The fourth-order valence-electron chi connectivity index (χ4n) is 1.64. The molecule has 18 heavy (non-hydrogen) atoms. The Bertz CT molecular complexity index is 523. The molecule has 2 heterocycles. The Kier molecular flexibility index (Phi) is 3.86. The van der Waals surface area contributed by atoms with Crippen molar-refractivity contribution in [2.75, 3.05) is 11.9 Å². The van der Waals surface area contributed by atoms with E-state index in [1.54, 1.807) is 0 Å². The molecule has 2 aromatic heterocycles. The highest BCUT2D eigenvalue weighted by Gasteiger charge is 2.03. The van der Waals surface area contributed by atoms with Crippen LogP contribution in [-0.4, -0.2) is 26.7 Å². The lowest BCUT2D eigenvalue weighted by molar-refractivity contribution is 0.377. The van der Waals surface area contributed by atoms with E-state index in [4.69, 9.17) is 4.52 Å². The molecule has 0 aliphatic rings. The number of aromatic nitrogens is 4. The van der Waals surface area contributed by atoms with Gasteiger partial charge >= 0.3 is 0 Å². The number of nitrogens with one attached hydrogen (secondary N) is 1. The van der Waals surface area contributed by atoms with Gasteiger partial charge in [0.25, 0.3) is 0 Å². The van der Waals surface area contributed by atoms with E-state index in [0.29, 0.717) is 24.7 Å². The molecule has 0 atom stereocenters. The van der Waals surface area contributed by atoms with Crippen molar-refractivity contribution in [3.63, 3.8) is 0 Å². The maximum absolute atomic E-state index is 5.04. The van der Waals surface area contributed by atoms with Crippen LogP contribution >= 0.6 is 0 Å². The summed E-state index contributed by atoms with van der Waals surface area (Å²) in [4.78, 5) is 12.8. The van der Waals surface area contributed by atoms with Gasteiger partial charge in [0.05, 0.1) is 0 Å². The Labute approximate surface area is 106 Å². The van der Waals surface area contributed by atoms with Crippen LogP contribution in [0.4, 0.5) is 5.82 Å². The molecule has 96 valence electrons. The Morgan fingerprint density at radius 1 is 1.17 bits per heavy atom. The van der Waals surface area contributed by atoms with Crippen LogP contribution in [0.15, 0.2) is 10.6 Å². The zero-order valence-corrected chi connectivity index (χ0v) is 10.9. The monoisotopic (exact) mass is 247 g/mol. The van der Waals surface area contributed by atoms with Gasteiger partial charge in [-0.3, -0.25) is 0 Å². The first-order valence-electron chi connectivity index (χ1n) is 6.05. The second-order valence-electron chi connectivity index (χ2n) is 4.06. The minimum Gasteiger partial charge on any atom is -0.369 e. The topological polar surface area (TPSA) is 76.7 Å². The van der Waals surface area contributed by atoms with Crippen LogP contribution < -0.4 is 5.32 Å². The summed E-state index contributed by atoms with van der Waals surface area (Å²) in [6.45, 7) is 6.49. The SMILES string of the molecule is CCc1cc(NCCc2nc(C)no2)nc(C)n1. The van der Waals surface area contributed by atoms with Crippen LogP contribution in [-0.2, 0) is 12.8 Å². The van der Waals surface area contributed by atoms with E-state index in [9.17, 15) is 0 Å². The normalized spacial score (nSPS) is 10.6. The summed E-state index contributed by atoms with van der Waals surface area (Å²) in [7, 11) is 0. The van der Waals surface area contributed by atoms with E-state index < -0.39 is 0 Å². The van der Waals surface area contributed by atoms with Gasteiger partial charge in [-0.25, -0.2) is 9.97 Å². The third-order valence-electron chi connectivity index (χ3n) is 2.47. The quantitative estimate of drug-likeness (QED) is 0.866. The van der Waals surface area contributed by atoms with E-state index in [-0.39, 0.29) is 0 Å². The summed E-state index contributed by atoms with van der Waals surface area (Å²) in [6.07, 6.45) is 1.59. The summed E-state index contributed by atoms with van der Waals surface area (Å²) >= 11 is 0. The summed E-state index contributed by atoms with van der Waals surface area (Å²) < 4.78 is 5.04. The highest BCUT2D eigenvalue weighted by Crippen LogP contribution is 2.07. The van der Waals surface area contributed by atoms with E-state index in [1.807, 2.05) is 19.9 Å². The van der Waals surface area contributed by atoms with Crippen LogP contribution in [0, 0.1) is 13.8 Å². The Hall–Kier alpha value is -1.98. The molecule has 2 aromatic rings. The molecule has 1 N–H and O–H groups in total. The van der Waals surface area contributed by atoms with Crippen molar-refractivity contribution in [1.82, 2.24) is 20.1 Å². The van der Waals surface area contributed by atoms with Crippen LogP contribution in [0.2, 0.25) is 0 Å². The van der Waals surface area contributed by atoms with Crippen LogP contribution in [0.5, 0.6) is 0 Å². The van der Waals surface area contributed by atoms with Gasteiger partial charge < -0.3 is 9.84 Å².